The van der Waals surface area contributed by atoms with Crippen LogP contribution < -0.4 is 21.9 Å². The minimum Gasteiger partial charge on any atom is -0.423 e. The molecule has 0 aliphatic heterocycles. The van der Waals surface area contributed by atoms with Crippen molar-refractivity contribution in [1.29, 1.82) is 0 Å². The highest BCUT2D eigenvalue weighted by molar-refractivity contribution is 5.81. The Labute approximate surface area is 279 Å². The summed E-state index contributed by atoms with van der Waals surface area (Å²) in [5.41, 5.74) is 6.75. The van der Waals surface area contributed by atoms with E-state index in [1.165, 1.54) is 12.4 Å². The van der Waals surface area contributed by atoms with Crippen LogP contribution in [0.2, 0.25) is 0 Å². The summed E-state index contributed by atoms with van der Waals surface area (Å²) in [6, 6.07) is 22.0. The standard InChI is InChI=1S/C40H27N5O4/c1-5-23(3)28-17-31(26-12-9-11-25(15-26)29-14-24(4)37(6-2)48-39(29)46)45-32(18-28)34-20-44-36(22-43-34)35-21-41-33(19-42-35)30-16-27-10-7-8-13-38(27)49-40(30)47/h5-22H,1,3-4H2,2H3/b37-6+. The molecule has 0 amide bonds. The van der Waals surface area contributed by atoms with Gasteiger partial charge in [0.05, 0.1) is 53.0 Å². The maximum atomic E-state index is 12.8. The highest BCUT2D eigenvalue weighted by atomic mass is 16.4. The Morgan fingerprint density at radius 1 is 0.673 bits per heavy atom. The molecule has 7 aromatic rings. The largest absolute Gasteiger partial charge is 0.423 e. The number of fused-ring (bicyclic) bond motifs is 1. The number of para-hydroxylation sites is 1. The Morgan fingerprint density at radius 2 is 1.31 bits per heavy atom. The van der Waals surface area contributed by atoms with E-state index >= 15 is 0 Å². The summed E-state index contributed by atoms with van der Waals surface area (Å²) in [4.78, 5) is 48.5. The zero-order valence-corrected chi connectivity index (χ0v) is 26.4. The lowest BCUT2D eigenvalue weighted by molar-refractivity contribution is 0.475. The van der Waals surface area contributed by atoms with Gasteiger partial charge in [-0.05, 0) is 66.1 Å². The number of nitrogens with zero attached hydrogens (tertiary/aromatic N) is 5. The number of rotatable bonds is 7. The second-order valence-electron chi connectivity index (χ2n) is 11.1. The van der Waals surface area contributed by atoms with Crippen LogP contribution in [0, 0.1) is 0 Å². The Bertz CT molecular complexity index is 2660. The third kappa shape index (κ3) is 6.04. The Kier molecular flexibility index (Phi) is 7.99. The van der Waals surface area contributed by atoms with Crippen molar-refractivity contribution in [3.63, 3.8) is 0 Å². The van der Waals surface area contributed by atoms with Gasteiger partial charge in [-0.3, -0.25) is 19.9 Å². The molecule has 0 radical (unpaired) electrons. The van der Waals surface area contributed by atoms with Crippen molar-refractivity contribution < 1.29 is 8.83 Å². The fourth-order valence-corrected chi connectivity index (χ4v) is 5.36. The normalized spacial score (nSPS) is 11.5. The van der Waals surface area contributed by atoms with E-state index in [9.17, 15) is 9.59 Å². The minimum atomic E-state index is -0.493. The monoisotopic (exact) mass is 641 g/mol. The first-order valence-corrected chi connectivity index (χ1v) is 15.2. The molecule has 2 aromatic carbocycles. The first-order valence-electron chi connectivity index (χ1n) is 15.2. The average molecular weight is 642 g/mol. The van der Waals surface area contributed by atoms with Crippen molar-refractivity contribution >= 4 is 29.2 Å². The van der Waals surface area contributed by atoms with Crippen molar-refractivity contribution in [2.24, 2.45) is 0 Å². The van der Waals surface area contributed by atoms with Crippen LogP contribution in [-0.2, 0) is 0 Å². The summed E-state index contributed by atoms with van der Waals surface area (Å²) in [6.07, 6.45) is 9.63. The van der Waals surface area contributed by atoms with Crippen LogP contribution >= 0.6 is 0 Å². The zero-order valence-electron chi connectivity index (χ0n) is 26.4. The average Bonchev–Trinajstić information content (AvgIpc) is 3.15. The molecule has 5 aromatic heterocycles. The van der Waals surface area contributed by atoms with E-state index in [0.717, 1.165) is 16.5 Å². The van der Waals surface area contributed by atoms with Gasteiger partial charge in [-0.2, -0.15) is 0 Å². The molecule has 0 saturated heterocycles. The maximum Gasteiger partial charge on any atom is 0.345 e. The maximum absolute atomic E-state index is 12.8. The molecule has 5 heterocycles. The molecule has 0 spiro atoms. The highest BCUT2D eigenvalue weighted by Gasteiger charge is 2.14. The van der Waals surface area contributed by atoms with Crippen molar-refractivity contribution in [1.82, 2.24) is 24.9 Å². The molecule has 0 fully saturated rings. The number of pyridine rings is 1. The molecular weight excluding hydrogens is 614 g/mol. The number of hydrogen-bond donors (Lipinski definition) is 0. The van der Waals surface area contributed by atoms with Gasteiger partial charge in [-0.25, -0.2) is 14.6 Å². The number of hydrogen-bond acceptors (Lipinski definition) is 9. The molecule has 9 nitrogen and oxygen atoms in total. The number of allylic oxidation sites excluding steroid dienone is 2. The third-order valence-corrected chi connectivity index (χ3v) is 7.98. The third-order valence-electron chi connectivity index (χ3n) is 7.98. The van der Waals surface area contributed by atoms with Crippen molar-refractivity contribution in [3.05, 3.63) is 154 Å². The fourth-order valence-electron chi connectivity index (χ4n) is 5.36. The smallest absolute Gasteiger partial charge is 0.345 e. The lowest BCUT2D eigenvalue weighted by Crippen LogP contribution is -2.28. The Hall–Kier alpha value is -6.87. The molecule has 0 aliphatic carbocycles. The van der Waals surface area contributed by atoms with Crippen LogP contribution in [0.1, 0.15) is 12.5 Å². The molecule has 0 N–H and O–H groups in total. The van der Waals surface area contributed by atoms with E-state index < -0.39 is 11.3 Å². The molecule has 7 rings (SSSR count). The zero-order chi connectivity index (χ0) is 34.1. The van der Waals surface area contributed by atoms with Crippen LogP contribution in [0.25, 0.3) is 85.6 Å². The first kappa shape index (κ1) is 30.8. The van der Waals surface area contributed by atoms with E-state index in [2.05, 4.69) is 39.7 Å². The second-order valence-corrected chi connectivity index (χ2v) is 11.1. The van der Waals surface area contributed by atoms with Gasteiger partial charge in [0.15, 0.2) is 0 Å². The summed E-state index contributed by atoms with van der Waals surface area (Å²) in [7, 11) is 0. The van der Waals surface area contributed by atoms with Gasteiger partial charge in [0.25, 0.3) is 0 Å². The van der Waals surface area contributed by atoms with Gasteiger partial charge in [0, 0.05) is 16.2 Å². The van der Waals surface area contributed by atoms with E-state index in [0.29, 0.717) is 72.6 Å². The molecule has 0 aliphatic rings. The minimum absolute atomic E-state index is 0.316. The topological polar surface area (TPSA) is 125 Å². The fraction of sp³-hybridized carbons (Fsp3) is 0.0250. The number of benzene rings is 2. The Balaban J connectivity index is 1.21. The molecule has 0 saturated carbocycles. The second kappa shape index (κ2) is 12.7. The highest BCUT2D eigenvalue weighted by Crippen LogP contribution is 2.29. The summed E-state index contributed by atoms with van der Waals surface area (Å²) in [6.45, 7) is 13.8. The summed E-state index contributed by atoms with van der Waals surface area (Å²) in [5.74, 6) is 0. The van der Waals surface area contributed by atoms with E-state index in [1.807, 2.05) is 54.6 Å². The van der Waals surface area contributed by atoms with E-state index in [-0.39, 0.29) is 0 Å². The van der Waals surface area contributed by atoms with E-state index in [4.69, 9.17) is 13.8 Å². The van der Waals surface area contributed by atoms with Crippen LogP contribution in [-0.4, -0.2) is 24.9 Å². The molecule has 236 valence electrons. The van der Waals surface area contributed by atoms with Gasteiger partial charge < -0.3 is 8.83 Å². The molecular formula is C40H27N5O4. The molecule has 0 atom stereocenters. The van der Waals surface area contributed by atoms with E-state index in [1.54, 1.807) is 49.7 Å². The van der Waals surface area contributed by atoms with Gasteiger partial charge >= 0.3 is 11.3 Å². The van der Waals surface area contributed by atoms with Gasteiger partial charge in [0.2, 0.25) is 0 Å². The summed E-state index contributed by atoms with van der Waals surface area (Å²) in [5, 5.41) is 1.41. The van der Waals surface area contributed by atoms with Crippen LogP contribution in [0.15, 0.2) is 135 Å². The van der Waals surface area contributed by atoms with Crippen molar-refractivity contribution in [2.45, 2.75) is 6.92 Å². The lowest BCUT2D eigenvalue weighted by Gasteiger charge is -2.11. The van der Waals surface area contributed by atoms with Gasteiger partial charge in [0.1, 0.15) is 28.1 Å². The lowest BCUT2D eigenvalue weighted by atomic mass is 9.99. The van der Waals surface area contributed by atoms with Crippen molar-refractivity contribution in [3.8, 4) is 56.4 Å². The molecule has 0 unspecified atom stereocenters. The van der Waals surface area contributed by atoms with Gasteiger partial charge in [-0.15, -0.1) is 0 Å². The van der Waals surface area contributed by atoms with Crippen molar-refractivity contribution in [2.75, 3.05) is 0 Å². The molecule has 49 heavy (non-hydrogen) atoms. The SMILES string of the molecule is C=CC(=C)c1cc(-c2cccc(-c3cc(=C)/c(=C\C)oc3=O)c2)nc(-c2cnc(-c3cnc(-c4cc5ccccc5oc4=O)cn3)cn2)c1. The Morgan fingerprint density at radius 3 is 2.00 bits per heavy atom. The summed E-state index contributed by atoms with van der Waals surface area (Å²) >= 11 is 0. The molecule has 9 heteroatoms. The van der Waals surface area contributed by atoms with Crippen LogP contribution in [0.5, 0.6) is 0 Å². The van der Waals surface area contributed by atoms with Crippen LogP contribution in [0.3, 0.4) is 0 Å². The summed E-state index contributed by atoms with van der Waals surface area (Å²) < 4.78 is 10.9. The number of aromatic nitrogens is 5. The predicted molar refractivity (Wildman–Crippen MR) is 191 cm³/mol. The van der Waals surface area contributed by atoms with Crippen LogP contribution in [0.4, 0.5) is 0 Å². The quantitative estimate of drug-likeness (QED) is 0.142. The molecule has 0 bridgehead atoms. The predicted octanol–water partition coefficient (Wildman–Crippen LogP) is 6.47. The first-order chi connectivity index (χ1) is 23.8. The van der Waals surface area contributed by atoms with Gasteiger partial charge in [-0.1, -0.05) is 62.2 Å².